The summed E-state index contributed by atoms with van der Waals surface area (Å²) in [4.78, 5) is 23.3. The Morgan fingerprint density at radius 1 is 1.25 bits per heavy atom. The minimum Gasteiger partial charge on any atom is -0.327 e. The van der Waals surface area contributed by atoms with E-state index in [-0.39, 0.29) is 25.3 Å². The summed E-state index contributed by atoms with van der Waals surface area (Å²) in [6.07, 6.45) is -5.70. The molecule has 2 atom stereocenters. The fourth-order valence-electron chi connectivity index (χ4n) is 2.08. The summed E-state index contributed by atoms with van der Waals surface area (Å²) in [5.41, 5.74) is 0. The number of hydrogen-bond donors (Lipinski definition) is 0. The second-order valence-corrected chi connectivity index (χ2v) is 5.08. The van der Waals surface area contributed by atoms with Crippen molar-refractivity contribution in [1.82, 2.24) is 4.90 Å². The van der Waals surface area contributed by atoms with Gasteiger partial charge in [0.25, 0.3) is 0 Å². The molecule has 0 aromatic carbocycles. The molecule has 1 aliphatic heterocycles. The molecule has 0 aromatic heterocycles. The molecule has 9 heteroatoms. The van der Waals surface area contributed by atoms with Crippen LogP contribution in [0.4, 0.5) is 22.0 Å². The van der Waals surface area contributed by atoms with Crippen molar-refractivity contribution in [3.05, 3.63) is 0 Å². The van der Waals surface area contributed by atoms with Crippen molar-refractivity contribution >= 4 is 23.3 Å². The summed E-state index contributed by atoms with van der Waals surface area (Å²) in [6.45, 7) is 1.40. The minimum atomic E-state index is -5.98. The van der Waals surface area contributed by atoms with Crippen molar-refractivity contribution in [2.75, 3.05) is 12.4 Å². The van der Waals surface area contributed by atoms with E-state index in [1.807, 2.05) is 0 Å². The summed E-state index contributed by atoms with van der Waals surface area (Å²) in [5, 5.41) is 0. The third-order valence-electron chi connectivity index (χ3n) is 3.25. The molecular weight excluding hydrogens is 309 g/mol. The molecule has 1 saturated heterocycles. The van der Waals surface area contributed by atoms with Crippen molar-refractivity contribution in [3.63, 3.8) is 0 Å². The summed E-state index contributed by atoms with van der Waals surface area (Å²) in [7, 11) is 0. The monoisotopic (exact) mass is 321 g/mol. The molecule has 116 valence electrons. The van der Waals surface area contributed by atoms with Crippen molar-refractivity contribution in [1.29, 1.82) is 0 Å². The number of ketones is 1. The van der Waals surface area contributed by atoms with E-state index in [0.29, 0.717) is 4.90 Å². The molecule has 0 aromatic rings. The average Bonchev–Trinajstić information content (AvgIpc) is 2.35. The zero-order valence-corrected chi connectivity index (χ0v) is 11.3. The number of alkyl halides is 6. The van der Waals surface area contributed by atoms with Gasteiger partial charge in [0.2, 0.25) is 0 Å². The second kappa shape index (κ2) is 5.83. The van der Waals surface area contributed by atoms with E-state index < -0.39 is 35.7 Å². The Labute approximate surface area is 117 Å². The zero-order valence-electron chi connectivity index (χ0n) is 10.5. The summed E-state index contributed by atoms with van der Waals surface area (Å²) < 4.78 is 62.8. The van der Waals surface area contributed by atoms with E-state index >= 15 is 0 Å². The molecule has 2 unspecified atom stereocenters. The smallest absolute Gasteiger partial charge is 0.327 e. The lowest BCUT2D eigenvalue weighted by Gasteiger charge is -2.39. The van der Waals surface area contributed by atoms with Gasteiger partial charge in [-0.3, -0.25) is 9.59 Å². The molecule has 0 radical (unpaired) electrons. The fourth-order valence-corrected chi connectivity index (χ4v) is 2.26. The van der Waals surface area contributed by atoms with Gasteiger partial charge < -0.3 is 4.90 Å². The van der Waals surface area contributed by atoms with Crippen LogP contribution in [0.25, 0.3) is 0 Å². The molecule has 1 fully saturated rings. The molecule has 1 rings (SSSR count). The number of nitrogens with zero attached hydrogens (tertiary/aromatic N) is 1. The summed E-state index contributed by atoms with van der Waals surface area (Å²) in [5.74, 6) is -9.22. The van der Waals surface area contributed by atoms with Gasteiger partial charge in [-0.1, -0.05) is 6.92 Å². The topological polar surface area (TPSA) is 37.4 Å². The van der Waals surface area contributed by atoms with E-state index in [0.717, 1.165) is 0 Å². The lowest BCUT2D eigenvalue weighted by Crippen LogP contribution is -2.59. The number of likely N-dealkylation sites (tertiary alicyclic amines) is 1. The predicted molar refractivity (Wildman–Crippen MR) is 60.6 cm³/mol. The molecule has 0 N–H and O–H groups in total. The van der Waals surface area contributed by atoms with E-state index in [2.05, 4.69) is 0 Å². The maximum absolute atomic E-state index is 13.1. The van der Waals surface area contributed by atoms with Crippen LogP contribution in [-0.4, -0.2) is 47.2 Å². The molecule has 20 heavy (non-hydrogen) atoms. The highest BCUT2D eigenvalue weighted by molar-refractivity contribution is 6.28. The highest BCUT2D eigenvalue weighted by Gasteiger charge is 2.65. The van der Waals surface area contributed by atoms with E-state index in [1.54, 1.807) is 6.92 Å². The van der Waals surface area contributed by atoms with Gasteiger partial charge >= 0.3 is 18.0 Å². The number of carbonyl (C=O) groups excluding carboxylic acids is 2. The standard InChI is InChI=1S/C11H13ClF5NO2/c1-6-2-3-18(7(4-6)8(19)5-12)9(20)10(13,14)11(15,16)17/h6-7H,2-5H2,1H3. The van der Waals surface area contributed by atoms with Crippen LogP contribution in [0.3, 0.4) is 0 Å². The van der Waals surface area contributed by atoms with E-state index in [4.69, 9.17) is 11.6 Å². The number of hydrogen-bond acceptors (Lipinski definition) is 2. The van der Waals surface area contributed by atoms with Crippen molar-refractivity contribution < 1.29 is 31.5 Å². The first-order valence-corrected chi connectivity index (χ1v) is 6.40. The Morgan fingerprint density at radius 3 is 2.25 bits per heavy atom. The van der Waals surface area contributed by atoms with E-state index in [1.165, 1.54) is 0 Å². The molecule has 0 bridgehead atoms. The van der Waals surface area contributed by atoms with Crippen LogP contribution in [0.15, 0.2) is 0 Å². The van der Waals surface area contributed by atoms with Gasteiger partial charge in [-0.15, -0.1) is 11.6 Å². The average molecular weight is 322 g/mol. The van der Waals surface area contributed by atoms with Gasteiger partial charge in [-0.2, -0.15) is 22.0 Å². The van der Waals surface area contributed by atoms with Crippen LogP contribution in [0.1, 0.15) is 19.8 Å². The highest BCUT2D eigenvalue weighted by atomic mass is 35.5. The molecule has 0 aliphatic carbocycles. The van der Waals surface area contributed by atoms with Gasteiger partial charge in [0.1, 0.15) is 0 Å². The van der Waals surface area contributed by atoms with Crippen molar-refractivity contribution in [2.24, 2.45) is 5.92 Å². The molecule has 0 spiro atoms. The molecular formula is C11H13ClF5NO2. The number of carbonyl (C=O) groups is 2. The Balaban J connectivity index is 3.03. The van der Waals surface area contributed by atoms with Gasteiger partial charge in [0.05, 0.1) is 11.9 Å². The Kier molecular flexibility index (Phi) is 4.99. The van der Waals surface area contributed by atoms with Crippen LogP contribution in [0, 0.1) is 5.92 Å². The molecule has 1 heterocycles. The lowest BCUT2D eigenvalue weighted by atomic mass is 9.90. The number of rotatable bonds is 3. The first kappa shape index (κ1) is 17.1. The van der Waals surface area contributed by atoms with Crippen LogP contribution < -0.4 is 0 Å². The largest absolute Gasteiger partial charge is 0.463 e. The maximum Gasteiger partial charge on any atom is 0.463 e. The molecule has 0 saturated carbocycles. The van der Waals surface area contributed by atoms with E-state index in [9.17, 15) is 31.5 Å². The predicted octanol–water partition coefficient (Wildman–Crippen LogP) is 2.62. The number of piperidine rings is 1. The quantitative estimate of drug-likeness (QED) is 0.592. The molecule has 1 aliphatic rings. The molecule has 1 amide bonds. The first-order chi connectivity index (χ1) is 9.02. The third kappa shape index (κ3) is 3.21. The van der Waals surface area contributed by atoms with Crippen LogP contribution in [0.5, 0.6) is 0 Å². The minimum absolute atomic E-state index is 0.0330. The van der Waals surface area contributed by atoms with Crippen molar-refractivity contribution in [2.45, 2.75) is 37.9 Å². The number of halogens is 6. The lowest BCUT2D eigenvalue weighted by molar-refractivity contribution is -0.275. The zero-order chi connectivity index (χ0) is 15.7. The Hall–Kier alpha value is -0.920. The highest BCUT2D eigenvalue weighted by Crippen LogP contribution is 2.38. The van der Waals surface area contributed by atoms with Crippen LogP contribution >= 0.6 is 11.6 Å². The van der Waals surface area contributed by atoms with Crippen molar-refractivity contribution in [3.8, 4) is 0 Å². The van der Waals surface area contributed by atoms with Crippen LogP contribution in [-0.2, 0) is 9.59 Å². The van der Waals surface area contributed by atoms with Gasteiger partial charge in [0, 0.05) is 6.54 Å². The summed E-state index contributed by atoms with van der Waals surface area (Å²) in [6, 6.07) is -1.32. The molecule has 3 nitrogen and oxygen atoms in total. The second-order valence-electron chi connectivity index (χ2n) is 4.82. The fraction of sp³-hybridized carbons (Fsp3) is 0.818. The number of amides is 1. The van der Waals surface area contributed by atoms with Gasteiger partial charge in [0.15, 0.2) is 5.78 Å². The Bertz CT molecular complexity index is 399. The Morgan fingerprint density at radius 2 is 1.80 bits per heavy atom. The summed E-state index contributed by atoms with van der Waals surface area (Å²) >= 11 is 5.31. The maximum atomic E-state index is 13.1. The third-order valence-corrected chi connectivity index (χ3v) is 3.52. The number of Topliss-reactive ketones (excluding diaryl/α,β-unsaturated/α-hetero) is 1. The SMILES string of the molecule is CC1CCN(C(=O)C(F)(F)C(F)(F)F)C(C(=O)CCl)C1. The van der Waals surface area contributed by atoms with Gasteiger partial charge in [-0.05, 0) is 18.8 Å². The van der Waals surface area contributed by atoms with Crippen LogP contribution in [0.2, 0.25) is 0 Å². The normalized spacial score (nSPS) is 24.6. The first-order valence-electron chi connectivity index (χ1n) is 5.86. The van der Waals surface area contributed by atoms with Gasteiger partial charge in [-0.25, -0.2) is 0 Å².